The molecule has 0 saturated carbocycles. The fraction of sp³-hybridized carbons (Fsp3) is 0.571. The van der Waals surface area contributed by atoms with Crippen LogP contribution in [-0.4, -0.2) is 52.3 Å². The molecule has 7 heteroatoms. The first-order valence-corrected chi connectivity index (χ1v) is 14.6. The molecular formula is C28H42O6Si. The van der Waals surface area contributed by atoms with E-state index in [1.807, 2.05) is 49.4 Å². The van der Waals surface area contributed by atoms with Gasteiger partial charge in [-0.3, -0.25) is 0 Å². The van der Waals surface area contributed by atoms with Gasteiger partial charge in [0.05, 0.1) is 38.6 Å². The van der Waals surface area contributed by atoms with Crippen LogP contribution in [0, 0.1) is 5.92 Å². The number of hydrogen-bond donors (Lipinski definition) is 1. The highest BCUT2D eigenvalue weighted by Crippen LogP contribution is 2.40. The lowest BCUT2D eigenvalue weighted by atomic mass is 9.94. The van der Waals surface area contributed by atoms with Crippen molar-refractivity contribution < 1.29 is 28.2 Å². The Kier molecular flexibility index (Phi) is 10.2. The molecule has 2 aromatic rings. The largest absolute Gasteiger partial charge is 0.497 e. The van der Waals surface area contributed by atoms with Crippen LogP contribution in [0.4, 0.5) is 0 Å². The normalized spacial score (nSPS) is 24.7. The fourth-order valence-electron chi connectivity index (χ4n) is 4.64. The minimum atomic E-state index is -2.69. The van der Waals surface area contributed by atoms with Crippen molar-refractivity contribution in [1.29, 1.82) is 0 Å². The molecule has 0 aromatic heterocycles. The molecule has 2 aromatic carbocycles. The number of hydrogen-bond acceptors (Lipinski definition) is 6. The van der Waals surface area contributed by atoms with E-state index in [0.717, 1.165) is 17.1 Å². The molecule has 1 saturated heterocycles. The summed E-state index contributed by atoms with van der Waals surface area (Å²) >= 11 is 0. The van der Waals surface area contributed by atoms with Gasteiger partial charge in [-0.15, -0.1) is 0 Å². The van der Waals surface area contributed by atoms with E-state index in [-0.39, 0.29) is 29.2 Å². The molecule has 35 heavy (non-hydrogen) atoms. The smallest absolute Gasteiger partial charge is 0.344 e. The topological polar surface area (TPSA) is 66.4 Å². The second kappa shape index (κ2) is 12.9. The lowest BCUT2D eigenvalue weighted by Gasteiger charge is -2.46. The first-order valence-electron chi connectivity index (χ1n) is 12.7. The SMILES string of the molecule is COc1ccc(OC[C@@H]2C[C@@H](O)[C@H](C)[C@H](COCc3ccccc3)O[Si](C(C)C)(C(C)C)O2)cc1. The van der Waals surface area contributed by atoms with Gasteiger partial charge in [-0.25, -0.2) is 0 Å². The second-order valence-electron chi connectivity index (χ2n) is 10.1. The van der Waals surface area contributed by atoms with Crippen molar-refractivity contribution in [2.45, 2.75) is 77.0 Å². The third-order valence-corrected chi connectivity index (χ3v) is 11.5. The molecule has 0 aliphatic carbocycles. The summed E-state index contributed by atoms with van der Waals surface area (Å²) in [6.45, 7) is 12.0. The third-order valence-electron chi connectivity index (χ3n) is 6.88. The fourth-order valence-corrected chi connectivity index (χ4v) is 8.56. The summed E-state index contributed by atoms with van der Waals surface area (Å²) in [5, 5.41) is 11.1. The van der Waals surface area contributed by atoms with E-state index in [9.17, 15) is 5.11 Å². The Bertz CT molecular complexity index is 865. The van der Waals surface area contributed by atoms with E-state index in [1.165, 1.54) is 0 Å². The molecule has 1 aliphatic rings. The maximum Gasteiger partial charge on any atom is 0.344 e. The van der Waals surface area contributed by atoms with Gasteiger partial charge in [-0.2, -0.15) is 0 Å². The van der Waals surface area contributed by atoms with Gasteiger partial charge in [-0.05, 0) is 40.9 Å². The highest BCUT2D eigenvalue weighted by atomic mass is 28.4. The Morgan fingerprint density at radius 2 is 1.54 bits per heavy atom. The average molecular weight is 503 g/mol. The first-order chi connectivity index (χ1) is 16.7. The lowest BCUT2D eigenvalue weighted by molar-refractivity contribution is -0.0836. The maximum absolute atomic E-state index is 11.1. The van der Waals surface area contributed by atoms with Crippen molar-refractivity contribution in [3.63, 3.8) is 0 Å². The maximum atomic E-state index is 11.1. The Morgan fingerprint density at radius 1 is 0.914 bits per heavy atom. The number of aliphatic hydroxyl groups excluding tert-OH is 1. The van der Waals surface area contributed by atoms with E-state index >= 15 is 0 Å². The van der Waals surface area contributed by atoms with Crippen LogP contribution < -0.4 is 9.47 Å². The molecule has 6 nitrogen and oxygen atoms in total. The zero-order valence-electron chi connectivity index (χ0n) is 22.0. The van der Waals surface area contributed by atoms with Gasteiger partial charge < -0.3 is 28.2 Å². The molecule has 1 heterocycles. The van der Waals surface area contributed by atoms with E-state index < -0.39 is 14.7 Å². The van der Waals surface area contributed by atoms with E-state index in [0.29, 0.717) is 26.2 Å². The molecular weight excluding hydrogens is 460 g/mol. The minimum Gasteiger partial charge on any atom is -0.497 e. The molecule has 0 unspecified atom stereocenters. The van der Waals surface area contributed by atoms with Crippen molar-refractivity contribution in [3.05, 3.63) is 60.2 Å². The van der Waals surface area contributed by atoms with Crippen LogP contribution in [0.1, 0.15) is 46.6 Å². The minimum absolute atomic E-state index is 0.0949. The van der Waals surface area contributed by atoms with Crippen molar-refractivity contribution in [2.24, 2.45) is 5.92 Å². The quantitative estimate of drug-likeness (QED) is 0.419. The summed E-state index contributed by atoms with van der Waals surface area (Å²) in [6.07, 6.45) is -0.605. The molecule has 3 rings (SSSR count). The Hall–Kier alpha value is -1.90. The van der Waals surface area contributed by atoms with Crippen LogP contribution >= 0.6 is 0 Å². The van der Waals surface area contributed by atoms with Gasteiger partial charge >= 0.3 is 8.56 Å². The highest BCUT2D eigenvalue weighted by molar-refractivity contribution is 6.70. The zero-order valence-corrected chi connectivity index (χ0v) is 23.0. The molecule has 1 N–H and O–H groups in total. The second-order valence-corrected chi connectivity index (χ2v) is 14.3. The van der Waals surface area contributed by atoms with Crippen molar-refractivity contribution in [1.82, 2.24) is 0 Å². The van der Waals surface area contributed by atoms with Crippen molar-refractivity contribution in [2.75, 3.05) is 20.3 Å². The summed E-state index contributed by atoms with van der Waals surface area (Å²) in [6, 6.07) is 17.6. The van der Waals surface area contributed by atoms with Crippen LogP contribution in [0.15, 0.2) is 54.6 Å². The lowest BCUT2D eigenvalue weighted by Crippen LogP contribution is -2.58. The molecule has 4 atom stereocenters. The monoisotopic (exact) mass is 502 g/mol. The van der Waals surface area contributed by atoms with Crippen LogP contribution in [0.3, 0.4) is 0 Å². The highest BCUT2D eigenvalue weighted by Gasteiger charge is 2.51. The Morgan fingerprint density at radius 3 is 2.14 bits per heavy atom. The molecule has 0 amide bonds. The van der Waals surface area contributed by atoms with Gasteiger partial charge in [0.25, 0.3) is 0 Å². The van der Waals surface area contributed by atoms with E-state index in [4.69, 9.17) is 23.1 Å². The summed E-state index contributed by atoms with van der Waals surface area (Å²) in [5.41, 5.74) is 1.57. The van der Waals surface area contributed by atoms with Crippen molar-refractivity contribution in [3.8, 4) is 11.5 Å². The van der Waals surface area contributed by atoms with Crippen LogP contribution in [0.25, 0.3) is 0 Å². The summed E-state index contributed by atoms with van der Waals surface area (Å²) in [4.78, 5) is 0. The summed E-state index contributed by atoms with van der Waals surface area (Å²) < 4.78 is 31.1. The van der Waals surface area contributed by atoms with Gasteiger partial charge in [0.2, 0.25) is 0 Å². The number of methoxy groups -OCH3 is 1. The third kappa shape index (κ3) is 7.30. The first kappa shape index (κ1) is 27.7. The average Bonchev–Trinajstić information content (AvgIpc) is 2.85. The zero-order chi connectivity index (χ0) is 25.4. The molecule has 0 bridgehead atoms. The predicted octanol–water partition coefficient (Wildman–Crippen LogP) is 5.72. The van der Waals surface area contributed by atoms with Gasteiger partial charge in [-0.1, -0.05) is 65.0 Å². The molecule has 1 aliphatic heterocycles. The van der Waals surface area contributed by atoms with E-state index in [1.54, 1.807) is 7.11 Å². The van der Waals surface area contributed by atoms with Crippen LogP contribution in [0.2, 0.25) is 11.1 Å². The number of benzene rings is 2. The predicted molar refractivity (Wildman–Crippen MR) is 140 cm³/mol. The van der Waals surface area contributed by atoms with Crippen LogP contribution in [-0.2, 0) is 20.2 Å². The number of ether oxygens (including phenoxy) is 3. The van der Waals surface area contributed by atoms with Gasteiger partial charge in [0, 0.05) is 12.3 Å². The Labute approximate surface area is 211 Å². The van der Waals surface area contributed by atoms with Gasteiger partial charge in [0.15, 0.2) is 0 Å². The number of aliphatic hydroxyl groups is 1. The molecule has 194 valence electrons. The Balaban J connectivity index is 1.73. The molecule has 0 spiro atoms. The van der Waals surface area contributed by atoms with Crippen LogP contribution in [0.5, 0.6) is 11.5 Å². The molecule has 1 fully saturated rings. The van der Waals surface area contributed by atoms with Crippen molar-refractivity contribution >= 4 is 8.56 Å². The van der Waals surface area contributed by atoms with E-state index in [2.05, 4.69) is 39.8 Å². The molecule has 0 radical (unpaired) electrons. The number of rotatable bonds is 10. The summed E-state index contributed by atoms with van der Waals surface area (Å²) in [5.74, 6) is 1.43. The van der Waals surface area contributed by atoms with Gasteiger partial charge in [0.1, 0.15) is 18.1 Å². The summed E-state index contributed by atoms with van der Waals surface area (Å²) in [7, 11) is -1.05. The standard InChI is InChI=1S/C28H42O6Si/c1-20(2)35(21(3)4)33-26(18-32-25-14-12-24(30-6)13-15-25)16-27(29)22(5)28(34-35)19-31-17-23-10-8-7-9-11-23/h7-15,20-22,26-29H,16-19H2,1-6H3/t22-,26-,27+,28-/m0/s1.